The summed E-state index contributed by atoms with van der Waals surface area (Å²) in [6, 6.07) is 13.6. The van der Waals surface area contributed by atoms with Gasteiger partial charge in [-0.1, -0.05) is 92.2 Å². The van der Waals surface area contributed by atoms with E-state index in [-0.39, 0.29) is 0 Å². The molecular weight excluding hydrogens is 435 g/mol. The van der Waals surface area contributed by atoms with E-state index >= 15 is 0 Å². The molecule has 2 aromatic carbocycles. The second-order valence-corrected chi connectivity index (χ2v) is 11.5. The maximum absolute atomic E-state index is 4.89. The molecule has 2 aromatic rings. The van der Waals surface area contributed by atoms with Crippen LogP contribution in [0, 0.1) is 11.8 Å². The van der Waals surface area contributed by atoms with Crippen LogP contribution < -0.4 is 0 Å². The fourth-order valence-electron chi connectivity index (χ4n) is 2.73. The van der Waals surface area contributed by atoms with Gasteiger partial charge in [0.05, 0.1) is 0 Å². The molecule has 0 spiro atoms. The van der Waals surface area contributed by atoms with Crippen molar-refractivity contribution >= 4 is 28.1 Å². The van der Waals surface area contributed by atoms with Crippen molar-refractivity contribution in [2.45, 2.75) is 80.3 Å². The summed E-state index contributed by atoms with van der Waals surface area (Å²) in [5, 5.41) is 0. The third-order valence-corrected chi connectivity index (χ3v) is 3.87. The number of hydrogen-bond acceptors (Lipinski definition) is 0. The molecule has 0 aliphatic heterocycles. The van der Waals surface area contributed by atoms with Crippen LogP contribution in [0.4, 0.5) is 0 Å². The van der Waals surface area contributed by atoms with Gasteiger partial charge in [-0.05, 0) is 0 Å². The SMILES string of the molecule is CCc1cc(CC(C)C)c[cH-]1.CCc1cc(CC(C)C)c[cH-]1.C[SiH]C.[Cl][Ti][Cl]. The zero-order chi connectivity index (χ0) is 21.9. The Balaban J connectivity index is 0. The second-order valence-electron chi connectivity index (χ2n) is 7.81. The van der Waals surface area contributed by atoms with E-state index in [1.807, 2.05) is 0 Å². The molecule has 161 valence electrons. The molecule has 0 saturated heterocycles. The quantitative estimate of drug-likeness (QED) is 0.291. The van der Waals surface area contributed by atoms with Gasteiger partial charge in [0.25, 0.3) is 0 Å². The Morgan fingerprint density at radius 2 is 1.11 bits per heavy atom. The van der Waals surface area contributed by atoms with E-state index in [1.165, 1.54) is 35.1 Å². The van der Waals surface area contributed by atoms with Gasteiger partial charge in [0.2, 0.25) is 0 Å². The molecule has 0 amide bonds. The topological polar surface area (TPSA) is 0 Å². The Labute approximate surface area is 195 Å². The van der Waals surface area contributed by atoms with Crippen LogP contribution in [0.25, 0.3) is 0 Å². The average Bonchev–Trinajstić information content (AvgIpc) is 3.25. The Morgan fingerprint density at radius 3 is 1.29 bits per heavy atom. The first-order valence-electron chi connectivity index (χ1n) is 10.5. The first kappa shape index (κ1) is 30.4. The number of hydrogen-bond donors (Lipinski definition) is 0. The zero-order valence-corrected chi connectivity index (χ0v) is 23.5. The van der Waals surface area contributed by atoms with E-state index < -0.39 is 17.0 Å². The molecule has 1 radical (unpaired) electrons. The van der Waals surface area contributed by atoms with Gasteiger partial charge in [-0.25, -0.2) is 12.1 Å². The molecule has 2 rings (SSSR count). The van der Waals surface area contributed by atoms with Gasteiger partial charge in [-0.15, -0.1) is 0 Å². The van der Waals surface area contributed by atoms with Crippen LogP contribution in [0.15, 0.2) is 36.4 Å². The van der Waals surface area contributed by atoms with Crippen molar-refractivity contribution in [2.24, 2.45) is 11.8 Å². The predicted octanol–water partition coefficient (Wildman–Crippen LogP) is 8.23. The van der Waals surface area contributed by atoms with E-state index in [9.17, 15) is 0 Å². The van der Waals surface area contributed by atoms with Crippen molar-refractivity contribution in [1.29, 1.82) is 0 Å². The van der Waals surface area contributed by atoms with Crippen molar-refractivity contribution in [3.8, 4) is 0 Å². The number of rotatable bonds is 6. The van der Waals surface area contributed by atoms with E-state index in [0.29, 0.717) is 0 Å². The summed E-state index contributed by atoms with van der Waals surface area (Å²) in [5.74, 6) is 1.56. The monoisotopic (exact) mass is 475 g/mol. The second kappa shape index (κ2) is 20.5. The fourth-order valence-corrected chi connectivity index (χ4v) is 2.73. The zero-order valence-electron chi connectivity index (χ0n) is 19.3. The van der Waals surface area contributed by atoms with Gasteiger partial charge < -0.3 is 0 Å². The summed E-state index contributed by atoms with van der Waals surface area (Å²) in [4.78, 5) is 0. The van der Waals surface area contributed by atoms with Gasteiger partial charge in [0, 0.05) is 9.52 Å². The van der Waals surface area contributed by atoms with Gasteiger partial charge in [0.1, 0.15) is 0 Å². The third-order valence-electron chi connectivity index (χ3n) is 3.87. The molecular formula is C24H41Cl2SiTi-2. The molecule has 0 fully saturated rings. The molecule has 0 bridgehead atoms. The Hall–Kier alpha value is 0.211. The van der Waals surface area contributed by atoms with Gasteiger partial charge in [0.15, 0.2) is 0 Å². The minimum atomic E-state index is -0.556. The molecule has 4 heteroatoms. The molecule has 0 aliphatic rings. The van der Waals surface area contributed by atoms with E-state index in [0.717, 1.165) is 34.2 Å². The van der Waals surface area contributed by atoms with Gasteiger partial charge >= 0.3 is 35.6 Å². The van der Waals surface area contributed by atoms with Crippen molar-refractivity contribution in [3.05, 3.63) is 58.7 Å². The third kappa shape index (κ3) is 18.3. The van der Waals surface area contributed by atoms with Crippen LogP contribution in [0.5, 0.6) is 0 Å². The normalized spacial score (nSPS) is 9.71. The van der Waals surface area contributed by atoms with Crippen LogP contribution in [0.3, 0.4) is 0 Å². The number of halogens is 2. The van der Waals surface area contributed by atoms with E-state index in [1.54, 1.807) is 0 Å². The van der Waals surface area contributed by atoms with E-state index in [2.05, 4.69) is 91.0 Å². The summed E-state index contributed by atoms with van der Waals surface area (Å²) < 4.78 is 0. The minimum absolute atomic E-state index is 0.556. The van der Waals surface area contributed by atoms with Crippen LogP contribution in [-0.4, -0.2) is 9.52 Å². The van der Waals surface area contributed by atoms with Crippen molar-refractivity contribution < 1.29 is 17.0 Å². The molecule has 0 nitrogen and oxygen atoms in total. The van der Waals surface area contributed by atoms with Crippen LogP contribution >= 0.6 is 18.6 Å². The molecule has 0 aliphatic carbocycles. The Bertz CT molecular complexity index is 508. The van der Waals surface area contributed by atoms with Gasteiger partial charge in [-0.3, -0.25) is 0 Å². The molecule has 0 heterocycles. The first-order valence-corrected chi connectivity index (χ1v) is 17.1. The standard InChI is InChI=1S/2C11H17.C2H7Si.2ClH.Ti/c2*1-4-10-5-6-11(8-10)7-9(2)3;1-3-2;;;/h2*5-6,8-9H,4,7H2,1-3H3;3H,1-2H3;2*1H;/q2*-1;;;;+2/p-2. The van der Waals surface area contributed by atoms with Crippen LogP contribution in [0.2, 0.25) is 13.1 Å². The van der Waals surface area contributed by atoms with Crippen molar-refractivity contribution in [2.75, 3.05) is 0 Å². The van der Waals surface area contributed by atoms with Crippen molar-refractivity contribution in [1.82, 2.24) is 0 Å². The maximum atomic E-state index is 4.89. The van der Waals surface area contributed by atoms with Gasteiger partial charge in [-0.2, -0.15) is 46.5 Å². The molecule has 0 atom stereocenters. The summed E-state index contributed by atoms with van der Waals surface area (Å²) in [5.41, 5.74) is 5.94. The molecule has 28 heavy (non-hydrogen) atoms. The fraction of sp³-hybridized carbons (Fsp3) is 0.583. The Morgan fingerprint density at radius 1 is 0.821 bits per heavy atom. The molecule has 0 N–H and O–H groups in total. The predicted molar refractivity (Wildman–Crippen MR) is 130 cm³/mol. The summed E-state index contributed by atoms with van der Waals surface area (Å²) >= 11 is -0.556. The summed E-state index contributed by atoms with van der Waals surface area (Å²) in [6.45, 7) is 17.9. The van der Waals surface area contributed by atoms with Crippen LogP contribution in [-0.2, 0) is 42.7 Å². The molecule has 0 aromatic heterocycles. The summed E-state index contributed by atoms with van der Waals surface area (Å²) in [6.07, 6.45) is 4.77. The summed E-state index contributed by atoms with van der Waals surface area (Å²) in [7, 11) is 10.5. The van der Waals surface area contributed by atoms with Crippen LogP contribution in [0.1, 0.15) is 63.8 Å². The first-order chi connectivity index (χ1) is 13.3. The number of aryl methyl sites for hydroxylation is 2. The van der Waals surface area contributed by atoms with Crippen molar-refractivity contribution in [3.63, 3.8) is 0 Å². The molecule has 0 unspecified atom stereocenters. The average molecular weight is 476 g/mol. The van der Waals surface area contributed by atoms with E-state index in [4.69, 9.17) is 18.6 Å². The molecule has 0 saturated carbocycles. The Kier molecular flexibility index (Phi) is 22.2.